The number of ether oxygens (including phenoxy) is 1. The first-order valence-electron chi connectivity index (χ1n) is 9.07. The third-order valence-electron chi connectivity index (χ3n) is 5.48. The van der Waals surface area contributed by atoms with Crippen LogP contribution in [0, 0.1) is 0 Å². The van der Waals surface area contributed by atoms with Gasteiger partial charge in [0.15, 0.2) is 0 Å². The average molecular weight is 363 g/mol. The van der Waals surface area contributed by atoms with Gasteiger partial charge in [0.2, 0.25) is 0 Å². The summed E-state index contributed by atoms with van der Waals surface area (Å²) in [7, 11) is 0. The lowest BCUT2D eigenvalue weighted by atomic mass is 9.88. The van der Waals surface area contributed by atoms with E-state index in [0.717, 1.165) is 29.8 Å². The molecule has 2 atom stereocenters. The molecule has 1 aromatic carbocycles. The minimum Gasteiger partial charge on any atom is -0.458 e. The number of benzene rings is 1. The third kappa shape index (κ3) is 2.06. The van der Waals surface area contributed by atoms with Gasteiger partial charge in [-0.25, -0.2) is 14.5 Å². The molecule has 4 heterocycles. The summed E-state index contributed by atoms with van der Waals surface area (Å²) in [6.07, 6.45) is 9.22. The van der Waals surface area contributed by atoms with Crippen LogP contribution in [-0.4, -0.2) is 31.7 Å². The van der Waals surface area contributed by atoms with Crippen molar-refractivity contribution < 1.29 is 13.9 Å². The first-order chi connectivity index (χ1) is 13.2. The molecule has 2 unspecified atom stereocenters. The average Bonchev–Trinajstić information content (AvgIpc) is 3.15. The minimum absolute atomic E-state index is 0.137. The SMILES string of the molecule is O=C1NC2CC(c3ncco3)(Oc3ccc(-n4cccn4)cc32)N1C1CC1. The van der Waals surface area contributed by atoms with E-state index < -0.39 is 5.72 Å². The van der Waals surface area contributed by atoms with Gasteiger partial charge in [0.05, 0.1) is 17.9 Å². The third-order valence-corrected chi connectivity index (χ3v) is 5.48. The van der Waals surface area contributed by atoms with Gasteiger partial charge in [-0.1, -0.05) is 0 Å². The van der Waals surface area contributed by atoms with E-state index in [9.17, 15) is 4.79 Å². The van der Waals surface area contributed by atoms with E-state index in [2.05, 4.69) is 15.4 Å². The zero-order valence-electron chi connectivity index (χ0n) is 14.4. The molecule has 1 saturated heterocycles. The van der Waals surface area contributed by atoms with Crippen LogP contribution in [0.3, 0.4) is 0 Å². The highest BCUT2D eigenvalue weighted by molar-refractivity contribution is 5.78. The summed E-state index contributed by atoms with van der Waals surface area (Å²) in [5.74, 6) is 1.15. The Morgan fingerprint density at radius 2 is 2.19 bits per heavy atom. The predicted octanol–water partition coefficient (Wildman–Crippen LogP) is 2.72. The van der Waals surface area contributed by atoms with Crippen LogP contribution in [0.1, 0.15) is 36.8 Å². The fourth-order valence-electron chi connectivity index (χ4n) is 4.18. The smallest absolute Gasteiger partial charge is 0.321 e. The first-order valence-corrected chi connectivity index (χ1v) is 9.07. The van der Waals surface area contributed by atoms with Gasteiger partial charge in [-0.15, -0.1) is 0 Å². The molecule has 3 aliphatic rings. The molecule has 136 valence electrons. The number of nitrogens with one attached hydrogen (secondary N) is 1. The van der Waals surface area contributed by atoms with Crippen molar-refractivity contribution in [3.05, 3.63) is 60.6 Å². The van der Waals surface area contributed by atoms with Crippen LogP contribution < -0.4 is 10.1 Å². The molecule has 6 rings (SSSR count). The van der Waals surface area contributed by atoms with Crippen molar-refractivity contribution in [1.82, 2.24) is 25.0 Å². The zero-order chi connectivity index (χ0) is 18.0. The minimum atomic E-state index is -1.00. The van der Waals surface area contributed by atoms with Gasteiger partial charge in [-0.3, -0.25) is 4.90 Å². The van der Waals surface area contributed by atoms with E-state index >= 15 is 0 Å². The van der Waals surface area contributed by atoms with Crippen LogP contribution in [-0.2, 0) is 5.72 Å². The molecule has 1 saturated carbocycles. The Bertz CT molecular complexity index is 1010. The van der Waals surface area contributed by atoms with Gasteiger partial charge < -0.3 is 14.5 Å². The summed E-state index contributed by atoms with van der Waals surface area (Å²) in [6.45, 7) is 0. The summed E-state index contributed by atoms with van der Waals surface area (Å²) in [5.41, 5.74) is 0.858. The predicted molar refractivity (Wildman–Crippen MR) is 93.1 cm³/mol. The van der Waals surface area contributed by atoms with Crippen LogP contribution in [0.2, 0.25) is 0 Å². The molecule has 3 aromatic rings. The lowest BCUT2D eigenvalue weighted by Gasteiger charge is -2.50. The fourth-order valence-corrected chi connectivity index (χ4v) is 4.18. The van der Waals surface area contributed by atoms with E-state index in [1.807, 2.05) is 30.5 Å². The molecule has 1 aliphatic carbocycles. The second kappa shape index (κ2) is 5.12. The van der Waals surface area contributed by atoms with Gasteiger partial charge in [-0.05, 0) is 37.1 Å². The standard InChI is InChI=1S/C19H17N5O3/c25-18-22-15-11-19(17-20-7-9-26-17,24(18)12-2-3-12)27-16-5-4-13(10-14(15)16)23-8-1-6-21-23/h1,4-10,12,15H,2-3,11H2,(H,22,25). The largest absolute Gasteiger partial charge is 0.458 e. The van der Waals surface area contributed by atoms with E-state index in [1.165, 1.54) is 6.26 Å². The Labute approximate surface area is 154 Å². The second-order valence-corrected chi connectivity index (χ2v) is 7.20. The number of carbonyl (C=O) groups excluding carboxylic acids is 1. The number of rotatable bonds is 3. The Balaban J connectivity index is 1.50. The topological polar surface area (TPSA) is 85.4 Å². The van der Waals surface area contributed by atoms with Crippen molar-refractivity contribution in [1.29, 1.82) is 0 Å². The Morgan fingerprint density at radius 1 is 1.26 bits per heavy atom. The highest BCUT2D eigenvalue weighted by atomic mass is 16.5. The van der Waals surface area contributed by atoms with Gasteiger partial charge in [-0.2, -0.15) is 5.10 Å². The fraction of sp³-hybridized carbons (Fsp3) is 0.316. The van der Waals surface area contributed by atoms with Gasteiger partial charge in [0.25, 0.3) is 11.6 Å². The van der Waals surface area contributed by atoms with E-state index in [-0.39, 0.29) is 18.1 Å². The second-order valence-electron chi connectivity index (χ2n) is 7.20. The summed E-state index contributed by atoms with van der Waals surface area (Å²) in [5, 5.41) is 7.43. The molecule has 2 bridgehead atoms. The molecule has 0 radical (unpaired) electrons. The molecule has 27 heavy (non-hydrogen) atoms. The van der Waals surface area contributed by atoms with Gasteiger partial charge in [0.1, 0.15) is 12.0 Å². The number of aromatic nitrogens is 3. The van der Waals surface area contributed by atoms with Crippen LogP contribution >= 0.6 is 0 Å². The molecule has 2 aromatic heterocycles. The lowest BCUT2D eigenvalue weighted by molar-refractivity contribution is -0.126. The van der Waals surface area contributed by atoms with Crippen molar-refractivity contribution in [2.75, 3.05) is 0 Å². The van der Waals surface area contributed by atoms with Gasteiger partial charge >= 0.3 is 6.03 Å². The molecule has 8 heteroatoms. The monoisotopic (exact) mass is 363 g/mol. The van der Waals surface area contributed by atoms with Crippen molar-refractivity contribution in [2.24, 2.45) is 0 Å². The van der Waals surface area contributed by atoms with E-state index in [1.54, 1.807) is 22.0 Å². The lowest BCUT2D eigenvalue weighted by Crippen LogP contribution is -2.65. The van der Waals surface area contributed by atoms with Crippen molar-refractivity contribution in [2.45, 2.75) is 37.1 Å². The van der Waals surface area contributed by atoms with Crippen molar-refractivity contribution >= 4 is 6.03 Å². The molecule has 2 aliphatic heterocycles. The van der Waals surface area contributed by atoms with E-state index in [4.69, 9.17) is 9.15 Å². The van der Waals surface area contributed by atoms with Crippen LogP contribution in [0.5, 0.6) is 5.75 Å². The quantitative estimate of drug-likeness (QED) is 0.773. The number of oxazole rings is 1. The molecule has 8 nitrogen and oxygen atoms in total. The molecule has 0 spiro atoms. The number of hydrogen-bond donors (Lipinski definition) is 1. The molecule has 2 fully saturated rings. The highest BCUT2D eigenvalue weighted by Crippen LogP contribution is 2.52. The molecular weight excluding hydrogens is 346 g/mol. The number of fused-ring (bicyclic) bond motifs is 4. The van der Waals surface area contributed by atoms with Crippen LogP contribution in [0.15, 0.2) is 53.5 Å². The number of nitrogens with zero attached hydrogens (tertiary/aromatic N) is 4. The van der Waals surface area contributed by atoms with Crippen LogP contribution in [0.25, 0.3) is 5.69 Å². The molecule has 2 amide bonds. The summed E-state index contributed by atoms with van der Waals surface area (Å²) >= 11 is 0. The zero-order valence-corrected chi connectivity index (χ0v) is 14.4. The molecular formula is C19H17N5O3. The highest BCUT2D eigenvalue weighted by Gasteiger charge is 2.60. The maximum atomic E-state index is 13.0. The van der Waals surface area contributed by atoms with E-state index in [0.29, 0.717) is 12.3 Å². The number of urea groups is 1. The van der Waals surface area contributed by atoms with Crippen LogP contribution in [0.4, 0.5) is 4.79 Å². The maximum Gasteiger partial charge on any atom is 0.321 e. The molecule has 1 N–H and O–H groups in total. The summed E-state index contributed by atoms with van der Waals surface area (Å²) in [4.78, 5) is 19.1. The first kappa shape index (κ1) is 14.8. The maximum absolute atomic E-state index is 13.0. The van der Waals surface area contributed by atoms with Gasteiger partial charge in [0, 0.05) is 30.4 Å². The number of amides is 2. The Morgan fingerprint density at radius 3 is 2.93 bits per heavy atom. The Hall–Kier alpha value is -3.29. The number of hydrogen-bond acceptors (Lipinski definition) is 5. The summed E-state index contributed by atoms with van der Waals surface area (Å²) in [6, 6.07) is 7.61. The normalized spacial score (nSPS) is 26.3. The van der Waals surface area contributed by atoms with Crippen molar-refractivity contribution in [3.8, 4) is 11.4 Å². The summed E-state index contributed by atoms with van der Waals surface area (Å²) < 4.78 is 13.9. The Kier molecular flexibility index (Phi) is 2.81. The van der Waals surface area contributed by atoms with Crippen molar-refractivity contribution in [3.63, 3.8) is 0 Å². The number of carbonyl (C=O) groups is 1.